The summed E-state index contributed by atoms with van der Waals surface area (Å²) in [4.78, 5) is 75.3. The van der Waals surface area contributed by atoms with Crippen molar-refractivity contribution in [2.45, 2.75) is 340 Å². The molecule has 3 saturated heterocycles. The number of aromatic hydroxyl groups is 1. The number of halogens is 3. The maximum absolute atomic E-state index is 13.3. The van der Waals surface area contributed by atoms with Crippen LogP contribution in [0.3, 0.4) is 0 Å². The van der Waals surface area contributed by atoms with Crippen molar-refractivity contribution < 1.29 is 97.9 Å². The van der Waals surface area contributed by atoms with Gasteiger partial charge in [-0.1, -0.05) is 110 Å². The average Bonchev–Trinajstić information content (AvgIpc) is 1.18. The van der Waals surface area contributed by atoms with E-state index in [9.17, 15) is 60.0 Å². The lowest BCUT2D eigenvalue weighted by molar-refractivity contribution is -0.239. The molecule has 10 bridgehead atoms. The van der Waals surface area contributed by atoms with Crippen LogP contribution in [0.5, 0.6) is 17.2 Å². The van der Waals surface area contributed by atoms with E-state index < -0.39 is 79.6 Å². The summed E-state index contributed by atoms with van der Waals surface area (Å²) in [7, 11) is -5.21. The molecule has 8 aliphatic carbocycles. The number of phenolic OH excluding ortho intramolecular Hbond substituents is 1. The normalized spacial score (nSPS) is 26.0. The van der Waals surface area contributed by atoms with E-state index in [-0.39, 0.29) is 104 Å². The van der Waals surface area contributed by atoms with Gasteiger partial charge in [-0.2, -0.15) is 13.2 Å². The molecule has 6 aromatic rings. The monoisotopic (exact) mass is 1760 g/mol. The number of alkyl halides is 3. The van der Waals surface area contributed by atoms with Gasteiger partial charge in [0.05, 0.1) is 55.0 Å². The van der Waals surface area contributed by atoms with Crippen LogP contribution in [0.25, 0.3) is 25.1 Å². The van der Waals surface area contributed by atoms with Gasteiger partial charge in [0.1, 0.15) is 40.2 Å². The van der Waals surface area contributed by atoms with Crippen molar-refractivity contribution in [3.05, 3.63) is 131 Å². The van der Waals surface area contributed by atoms with E-state index in [2.05, 4.69) is 170 Å². The number of carbonyl (C=O) groups is 6. The molecule has 18 nitrogen and oxygen atoms in total. The van der Waals surface area contributed by atoms with E-state index in [1.165, 1.54) is 69.2 Å². The molecule has 8 unspecified atom stereocenters. The topological polar surface area (TPSA) is 254 Å². The minimum atomic E-state index is -5.27. The second-order valence-corrected chi connectivity index (χ2v) is 45.0. The van der Waals surface area contributed by atoms with Gasteiger partial charge in [0, 0.05) is 33.1 Å². The summed E-state index contributed by atoms with van der Waals surface area (Å²) in [5, 5.41) is 12.6. The summed E-state index contributed by atoms with van der Waals surface area (Å²) < 4.78 is 120. The average molecular weight is 1760 g/mol. The Kier molecular flexibility index (Phi) is 29.9. The fraction of sp³-hybridized carbons (Fsp3) is 0.644. The summed E-state index contributed by atoms with van der Waals surface area (Å²) in [5.41, 5.74) is -0.561. The van der Waals surface area contributed by atoms with Crippen molar-refractivity contribution in [3.8, 4) is 22.1 Å². The van der Waals surface area contributed by atoms with Crippen LogP contribution in [0.4, 0.5) is 13.2 Å². The van der Waals surface area contributed by atoms with Gasteiger partial charge in [0.15, 0.2) is 26.5 Å². The molecule has 23 heteroatoms. The fourth-order valence-corrected chi connectivity index (χ4v) is 22.7. The first-order chi connectivity index (χ1) is 57.6. The van der Waals surface area contributed by atoms with Crippen molar-refractivity contribution in [3.63, 3.8) is 0 Å². The number of thiophene rings is 1. The van der Waals surface area contributed by atoms with E-state index in [1.807, 2.05) is 76.2 Å². The standard InChI is InChI=1S/C20H29F3O7S.C19H32O2.C18H13S.C16H26O.C15H22O3.C13H18O5/c1-4-17(2,3)15(24)30-19-8-12-5-13(9-19)7-18(6-12,11-19)16(25)29-14(20(21,22)23)10-31(26,27)28;1-6-17(2,3)16(20)21-18(4,5)19-10-13-7-14(11-19)9-15(8-13)12-19;1-2-8-14(9-3-1)19-17-12-6-4-10-15(17)16-11-5-7-13-18(16)19;1-7-15(3,4)13-9-11-14(12-10-13)17-16(5,6)8-2;1-7-15(5,6)14(17)18-12-8-9(2)13(16)11(4)10(12)3;1-4-13(2,3)12(15)18-9-7-5-6-8(16-7)10(9)17-11(6)14/h12-14H,4-11H2,1-3H3,(H,26,27,28);13-15H,6-12H2,1-5H3;1-13H;9-12H,7-8H2,1-6H3;8,16H,7H2,1-6H3;6-10H,4-5H2,1-3H3/q;;+1;;;/p-1. The van der Waals surface area contributed by atoms with Crippen molar-refractivity contribution in [2.75, 3.05) is 5.75 Å². The molecule has 11 aliphatic rings. The smallest absolute Gasteiger partial charge is 0.426 e. The Bertz CT molecular complexity index is 4810. The van der Waals surface area contributed by atoms with Crippen LogP contribution < -0.4 is 9.47 Å². The lowest BCUT2D eigenvalue weighted by atomic mass is 9.46. The SMILES string of the molecule is CCC(C)(C)C(=O)OC(C)(C)C12CC3CC(CC(C3)C1)C2.CCC(C)(C)C(=O)OC12CC3CC(C1)CC(C(=O)OC(CS(=O)(=O)[O-])C(F)(F)F)(C3)C2.CCC(C)(C)C(=O)OC1C2CC3C(=O)OC1C3O2.CCC(C)(C)C(=O)Oc1cc(C)c(O)c(C)c1C.CCC(C)(C)Oc1ccc(C(C)(C)CC)cc1.c1ccc(-[s+]2c3ccccc3c3ccccc32)cc1. The summed E-state index contributed by atoms with van der Waals surface area (Å²) in [6.07, 6.45) is 6.86. The van der Waals surface area contributed by atoms with Gasteiger partial charge in [0.2, 0.25) is 6.10 Å². The summed E-state index contributed by atoms with van der Waals surface area (Å²) in [5.74, 6) is 0.172. The highest BCUT2D eigenvalue weighted by atomic mass is 32.2. The lowest BCUT2D eigenvalue weighted by Crippen LogP contribution is -2.61. The Hall–Kier alpha value is -7.60. The van der Waals surface area contributed by atoms with Crippen LogP contribution in [-0.2, 0) is 72.7 Å². The molecule has 0 amide bonds. The molecular formula is C101H139F3O18S2. The number of aryl methyl sites for hydroxylation is 1. The first-order valence-electron chi connectivity index (χ1n) is 45.1. The van der Waals surface area contributed by atoms with Crippen LogP contribution in [-0.4, -0.2) is 113 Å². The van der Waals surface area contributed by atoms with E-state index in [0.29, 0.717) is 50.7 Å². The number of fused-ring (bicyclic) bond motifs is 4. The van der Waals surface area contributed by atoms with E-state index >= 15 is 0 Å². The predicted octanol–water partition coefficient (Wildman–Crippen LogP) is 23.7. The number of benzene rings is 5. The third-order valence-corrected chi connectivity index (χ3v) is 32.7. The first kappa shape index (κ1) is 98.6. The number of hydrogen-bond acceptors (Lipinski definition) is 18. The molecule has 8 atom stereocenters. The zero-order valence-electron chi connectivity index (χ0n) is 77.7. The number of rotatable bonds is 23. The highest BCUT2D eigenvalue weighted by Gasteiger charge is 2.67. The minimum Gasteiger partial charge on any atom is -0.748 e. The molecule has 11 fully saturated rings. The van der Waals surface area contributed by atoms with Crippen LogP contribution in [0.1, 0.15) is 283 Å². The van der Waals surface area contributed by atoms with Crippen molar-refractivity contribution in [2.24, 2.45) is 68.0 Å². The molecular weight excluding hydrogens is 1620 g/mol. The first-order valence-corrected chi connectivity index (χ1v) is 47.9. The summed E-state index contributed by atoms with van der Waals surface area (Å²) in [6, 6.07) is 38.7. The third-order valence-electron chi connectivity index (χ3n) is 29.6. The largest absolute Gasteiger partial charge is 0.748 e. The Labute approximate surface area is 737 Å². The molecule has 684 valence electrons. The molecule has 4 heterocycles. The second-order valence-electron chi connectivity index (χ2n) is 41.5. The number of phenols is 1. The van der Waals surface area contributed by atoms with Crippen molar-refractivity contribution in [1.82, 2.24) is 0 Å². The Morgan fingerprint density at radius 2 is 1.06 bits per heavy atom. The number of ether oxygens (including phenoxy) is 8. The molecule has 1 N–H and O–H groups in total. The minimum absolute atomic E-state index is 0.00100. The van der Waals surface area contributed by atoms with Crippen LogP contribution in [0, 0.1) is 88.8 Å². The van der Waals surface area contributed by atoms with Crippen LogP contribution >= 0.6 is 10.5 Å². The molecule has 0 spiro atoms. The van der Waals surface area contributed by atoms with E-state index in [4.69, 9.17) is 33.2 Å². The zero-order valence-corrected chi connectivity index (χ0v) is 79.4. The van der Waals surface area contributed by atoms with Gasteiger partial charge in [-0.05, 0) is 331 Å². The maximum atomic E-state index is 13.3. The highest BCUT2D eigenvalue weighted by Crippen LogP contribution is 2.66. The fourth-order valence-electron chi connectivity index (χ4n) is 19.7. The number of carbonyl (C=O) groups excluding carboxylic acids is 6. The van der Waals surface area contributed by atoms with Gasteiger partial charge < -0.3 is 47.6 Å². The number of hydrogen-bond donors (Lipinski definition) is 1. The summed E-state index contributed by atoms with van der Waals surface area (Å²) in [6.45, 7) is 45.8. The van der Waals surface area contributed by atoms with Crippen molar-refractivity contribution in [1.29, 1.82) is 0 Å². The molecule has 8 saturated carbocycles. The predicted molar refractivity (Wildman–Crippen MR) is 478 cm³/mol. The van der Waals surface area contributed by atoms with Crippen LogP contribution in [0.15, 0.2) is 109 Å². The van der Waals surface area contributed by atoms with Gasteiger partial charge in [0.25, 0.3) is 0 Å². The molecule has 17 rings (SSSR count). The van der Waals surface area contributed by atoms with Gasteiger partial charge in [-0.15, -0.1) is 0 Å². The third kappa shape index (κ3) is 22.0. The second kappa shape index (κ2) is 37.6. The van der Waals surface area contributed by atoms with Crippen molar-refractivity contribution >= 4 is 76.6 Å². The van der Waals surface area contributed by atoms with E-state index in [1.54, 1.807) is 26.8 Å². The summed E-state index contributed by atoms with van der Waals surface area (Å²) >= 11 is 0. The maximum Gasteiger partial charge on any atom is 0.426 e. The Balaban J connectivity index is 0.000000158. The van der Waals surface area contributed by atoms with Crippen LogP contribution in [0.2, 0.25) is 0 Å². The quantitative estimate of drug-likeness (QED) is 0.0206. The number of esters is 6. The molecule has 0 radical (unpaired) electrons. The molecule has 1 aromatic heterocycles. The Morgan fingerprint density at radius 1 is 0.573 bits per heavy atom. The van der Waals surface area contributed by atoms with Gasteiger partial charge >= 0.3 is 42.0 Å². The molecule has 5 aromatic carbocycles. The lowest BCUT2D eigenvalue weighted by Gasteiger charge is -2.61. The molecule has 3 aliphatic heterocycles. The highest BCUT2D eigenvalue weighted by molar-refractivity contribution is 7.85. The Morgan fingerprint density at radius 3 is 1.55 bits per heavy atom. The van der Waals surface area contributed by atoms with E-state index in [0.717, 1.165) is 72.3 Å². The van der Waals surface area contributed by atoms with Gasteiger partial charge in [-0.25, -0.2) is 8.42 Å². The molecule has 124 heavy (non-hydrogen) atoms. The zero-order chi connectivity index (χ0) is 91.8. The van der Waals surface area contributed by atoms with Gasteiger partial charge in [-0.3, -0.25) is 28.8 Å².